The number of imide groups is 1. The smallest absolute Gasteiger partial charge is 0.286 e. The fourth-order valence-corrected chi connectivity index (χ4v) is 5.82. The molecule has 1 N–H and O–H groups in total. The Labute approximate surface area is 182 Å². The first kappa shape index (κ1) is 19.4. The predicted octanol–water partition coefficient (Wildman–Crippen LogP) is 4.24. The Hall–Kier alpha value is -2.58. The van der Waals surface area contributed by atoms with Crippen LogP contribution in [0.15, 0.2) is 48.5 Å². The summed E-state index contributed by atoms with van der Waals surface area (Å²) in [6.45, 7) is 1.62. The number of anilines is 1. The van der Waals surface area contributed by atoms with Crippen molar-refractivity contribution in [1.29, 1.82) is 0 Å². The summed E-state index contributed by atoms with van der Waals surface area (Å²) >= 11 is 2.80. The molecule has 154 valence electrons. The zero-order valence-electron chi connectivity index (χ0n) is 16.2. The molecule has 0 saturated carbocycles. The van der Waals surface area contributed by atoms with Gasteiger partial charge in [-0.2, -0.15) is 0 Å². The SMILES string of the molecule is O=C1NC(=O)C(Cc2ccc(OCC3CCCN3c3nc4ccccc4s3)cc2)S1. The van der Waals surface area contributed by atoms with E-state index in [-0.39, 0.29) is 16.4 Å². The molecule has 2 unspecified atom stereocenters. The highest BCUT2D eigenvalue weighted by Crippen LogP contribution is 2.33. The van der Waals surface area contributed by atoms with Crippen molar-refractivity contribution in [1.82, 2.24) is 10.3 Å². The van der Waals surface area contributed by atoms with Gasteiger partial charge in [0.25, 0.3) is 5.24 Å². The van der Waals surface area contributed by atoms with Crippen molar-refractivity contribution in [2.24, 2.45) is 0 Å². The quantitative estimate of drug-likeness (QED) is 0.620. The van der Waals surface area contributed by atoms with E-state index in [2.05, 4.69) is 22.3 Å². The summed E-state index contributed by atoms with van der Waals surface area (Å²) < 4.78 is 7.29. The lowest BCUT2D eigenvalue weighted by Crippen LogP contribution is -2.34. The van der Waals surface area contributed by atoms with Gasteiger partial charge in [-0.3, -0.25) is 14.9 Å². The molecule has 2 atom stereocenters. The fourth-order valence-electron chi connectivity index (χ4n) is 3.90. The standard InChI is InChI=1S/C22H21N3O3S2/c26-20-19(30-22(27)24-20)12-14-7-9-16(10-8-14)28-13-15-4-3-11-25(15)21-23-17-5-1-2-6-18(17)29-21/h1-2,5-10,15,19H,3-4,11-13H2,(H,24,26,27). The van der Waals surface area contributed by atoms with Crippen LogP contribution in [0.1, 0.15) is 18.4 Å². The van der Waals surface area contributed by atoms with Crippen LogP contribution < -0.4 is 15.0 Å². The zero-order chi connectivity index (χ0) is 20.5. The average Bonchev–Trinajstić information content (AvgIpc) is 3.45. The molecule has 30 heavy (non-hydrogen) atoms. The summed E-state index contributed by atoms with van der Waals surface area (Å²) in [5.74, 6) is 0.607. The Bertz CT molecular complexity index is 1050. The van der Waals surface area contributed by atoms with Gasteiger partial charge in [0.1, 0.15) is 12.4 Å². The number of fused-ring (bicyclic) bond motifs is 1. The van der Waals surface area contributed by atoms with E-state index in [1.54, 1.807) is 11.3 Å². The van der Waals surface area contributed by atoms with E-state index >= 15 is 0 Å². The maximum Gasteiger partial charge on any atom is 0.286 e. The molecule has 2 amide bonds. The normalized spacial score (nSPS) is 21.4. The number of amides is 2. The Morgan fingerprint density at radius 3 is 2.73 bits per heavy atom. The fraction of sp³-hybridized carbons (Fsp3) is 0.318. The van der Waals surface area contributed by atoms with Crippen LogP contribution in [0.3, 0.4) is 0 Å². The van der Waals surface area contributed by atoms with Gasteiger partial charge in [0.05, 0.1) is 21.5 Å². The van der Waals surface area contributed by atoms with Crippen LogP contribution >= 0.6 is 23.1 Å². The third-order valence-corrected chi connectivity index (χ3v) is 7.51. The number of hydrogen-bond acceptors (Lipinski definition) is 7. The van der Waals surface area contributed by atoms with Crippen molar-refractivity contribution in [3.63, 3.8) is 0 Å². The summed E-state index contributed by atoms with van der Waals surface area (Å²) in [5.41, 5.74) is 2.07. The van der Waals surface area contributed by atoms with E-state index in [1.165, 1.54) is 4.70 Å². The van der Waals surface area contributed by atoms with Crippen molar-refractivity contribution in [3.8, 4) is 5.75 Å². The van der Waals surface area contributed by atoms with Crippen LogP contribution in [0.2, 0.25) is 0 Å². The van der Waals surface area contributed by atoms with Crippen LogP contribution in [0.25, 0.3) is 10.2 Å². The van der Waals surface area contributed by atoms with Gasteiger partial charge >= 0.3 is 0 Å². The Kier molecular flexibility index (Phi) is 5.35. The lowest BCUT2D eigenvalue weighted by atomic mass is 10.1. The molecule has 2 aliphatic rings. The van der Waals surface area contributed by atoms with Gasteiger partial charge in [-0.1, -0.05) is 47.4 Å². The largest absolute Gasteiger partial charge is 0.491 e. The number of carbonyl (C=O) groups is 2. The third-order valence-electron chi connectivity index (χ3n) is 5.46. The highest BCUT2D eigenvalue weighted by molar-refractivity contribution is 8.15. The second-order valence-corrected chi connectivity index (χ2v) is 9.68. The minimum Gasteiger partial charge on any atom is -0.491 e. The van der Waals surface area contributed by atoms with Crippen LogP contribution in [0.5, 0.6) is 5.75 Å². The lowest BCUT2D eigenvalue weighted by Gasteiger charge is -2.24. The molecule has 0 aliphatic carbocycles. The maximum absolute atomic E-state index is 11.7. The van der Waals surface area contributed by atoms with Crippen molar-refractivity contribution in [2.45, 2.75) is 30.6 Å². The molecule has 3 aromatic rings. The van der Waals surface area contributed by atoms with Crippen molar-refractivity contribution in [2.75, 3.05) is 18.1 Å². The number of nitrogens with zero attached hydrogens (tertiary/aromatic N) is 2. The molecule has 2 saturated heterocycles. The minimum atomic E-state index is -0.342. The molecule has 2 fully saturated rings. The Balaban J connectivity index is 1.20. The molecule has 2 aliphatic heterocycles. The molecule has 0 radical (unpaired) electrons. The van der Waals surface area contributed by atoms with Gasteiger partial charge in [0.2, 0.25) is 5.91 Å². The topological polar surface area (TPSA) is 71.5 Å². The molecule has 2 aromatic carbocycles. The number of hydrogen-bond donors (Lipinski definition) is 1. The molecular weight excluding hydrogens is 418 g/mol. The minimum absolute atomic E-state index is 0.207. The first-order valence-corrected chi connectivity index (χ1v) is 11.7. The van der Waals surface area contributed by atoms with E-state index in [0.717, 1.165) is 53.1 Å². The molecule has 8 heteroatoms. The number of carbonyl (C=O) groups excluding carboxylic acids is 2. The molecule has 0 spiro atoms. The van der Waals surface area contributed by atoms with Gasteiger partial charge in [0, 0.05) is 6.54 Å². The Morgan fingerprint density at radius 1 is 1.13 bits per heavy atom. The number of thiazole rings is 1. The molecule has 1 aromatic heterocycles. The first-order valence-electron chi connectivity index (χ1n) is 10.0. The van der Waals surface area contributed by atoms with Gasteiger partial charge in [0.15, 0.2) is 5.13 Å². The zero-order valence-corrected chi connectivity index (χ0v) is 17.9. The molecule has 5 rings (SSSR count). The number of benzene rings is 2. The van der Waals surface area contributed by atoms with Gasteiger partial charge in [-0.25, -0.2) is 4.98 Å². The summed E-state index contributed by atoms with van der Waals surface area (Å²) in [6.07, 6.45) is 2.77. The molecule has 0 bridgehead atoms. The number of aromatic nitrogens is 1. The molecular formula is C22H21N3O3S2. The van der Waals surface area contributed by atoms with Gasteiger partial charge < -0.3 is 9.64 Å². The van der Waals surface area contributed by atoms with E-state index in [9.17, 15) is 9.59 Å². The van der Waals surface area contributed by atoms with Gasteiger partial charge in [-0.05, 0) is 49.1 Å². The second kappa shape index (κ2) is 8.28. The lowest BCUT2D eigenvalue weighted by molar-refractivity contribution is -0.118. The van der Waals surface area contributed by atoms with Crippen LogP contribution in [0.4, 0.5) is 9.93 Å². The third kappa shape index (κ3) is 4.02. The average molecular weight is 440 g/mol. The first-order chi connectivity index (χ1) is 14.7. The van der Waals surface area contributed by atoms with E-state index in [0.29, 0.717) is 19.1 Å². The van der Waals surface area contributed by atoms with Crippen molar-refractivity contribution in [3.05, 3.63) is 54.1 Å². The van der Waals surface area contributed by atoms with Gasteiger partial charge in [-0.15, -0.1) is 0 Å². The maximum atomic E-state index is 11.7. The van der Waals surface area contributed by atoms with Crippen molar-refractivity contribution >= 4 is 49.6 Å². The summed E-state index contributed by atoms with van der Waals surface area (Å²) in [4.78, 5) is 30.2. The van der Waals surface area contributed by atoms with Crippen LogP contribution in [-0.2, 0) is 11.2 Å². The summed E-state index contributed by atoms with van der Waals surface area (Å²) in [5, 5.41) is 2.79. The Morgan fingerprint density at radius 2 is 1.97 bits per heavy atom. The number of para-hydroxylation sites is 1. The second-order valence-electron chi connectivity index (χ2n) is 7.50. The number of rotatable bonds is 6. The highest BCUT2D eigenvalue weighted by atomic mass is 32.2. The van der Waals surface area contributed by atoms with E-state index < -0.39 is 0 Å². The molecule has 6 nitrogen and oxygen atoms in total. The predicted molar refractivity (Wildman–Crippen MR) is 121 cm³/mol. The highest BCUT2D eigenvalue weighted by Gasteiger charge is 2.31. The summed E-state index contributed by atoms with van der Waals surface area (Å²) in [7, 11) is 0. The number of ether oxygens (including phenoxy) is 1. The number of nitrogens with one attached hydrogen (secondary N) is 1. The van der Waals surface area contributed by atoms with Crippen LogP contribution in [0, 0.1) is 0 Å². The summed E-state index contributed by atoms with van der Waals surface area (Å²) in [6, 6.07) is 16.4. The van der Waals surface area contributed by atoms with Crippen molar-refractivity contribution < 1.29 is 14.3 Å². The number of thioether (sulfide) groups is 1. The molecule has 3 heterocycles. The monoisotopic (exact) mass is 439 g/mol. The van der Waals surface area contributed by atoms with Crippen LogP contribution in [-0.4, -0.2) is 40.6 Å². The van der Waals surface area contributed by atoms with E-state index in [4.69, 9.17) is 9.72 Å². The van der Waals surface area contributed by atoms with E-state index in [1.807, 2.05) is 36.4 Å².